The summed E-state index contributed by atoms with van der Waals surface area (Å²) < 4.78 is 10.8. The molecule has 162 valence electrons. The molecule has 1 heterocycles. The molecule has 1 aliphatic rings. The standard InChI is InChI=1S/C22H23N3O6/c1-14(30-18(26)13-25-20(28)22(2,3)24-21(25)29)19(27)23-15-9-11-17(12-10-15)31-16-7-5-4-6-8-16/h4-12,14H,13H2,1-3H3,(H,23,27)(H,24,29). The number of para-hydroxylation sites is 1. The molecule has 1 fully saturated rings. The lowest BCUT2D eigenvalue weighted by atomic mass is 10.1. The van der Waals surface area contributed by atoms with Crippen molar-refractivity contribution in [3.05, 3.63) is 54.6 Å². The summed E-state index contributed by atoms with van der Waals surface area (Å²) in [5, 5.41) is 5.10. The minimum atomic E-state index is -1.12. The first-order chi connectivity index (χ1) is 14.7. The van der Waals surface area contributed by atoms with Gasteiger partial charge in [0.05, 0.1) is 0 Å². The molecule has 0 spiro atoms. The van der Waals surface area contributed by atoms with Gasteiger partial charge in [0.1, 0.15) is 23.6 Å². The molecule has 0 bridgehead atoms. The Labute approximate surface area is 179 Å². The van der Waals surface area contributed by atoms with Crippen LogP contribution in [0.4, 0.5) is 10.5 Å². The summed E-state index contributed by atoms with van der Waals surface area (Å²) in [6.45, 7) is 3.89. The van der Waals surface area contributed by atoms with E-state index < -0.39 is 42.0 Å². The average molecular weight is 425 g/mol. The van der Waals surface area contributed by atoms with E-state index in [4.69, 9.17) is 9.47 Å². The number of carbonyl (C=O) groups excluding carboxylic acids is 4. The van der Waals surface area contributed by atoms with Crippen LogP contribution in [0.15, 0.2) is 54.6 Å². The summed E-state index contributed by atoms with van der Waals surface area (Å²) >= 11 is 0. The molecule has 2 aromatic rings. The van der Waals surface area contributed by atoms with Crippen LogP contribution in [0, 0.1) is 0 Å². The average Bonchev–Trinajstić information content (AvgIpc) is 2.91. The quantitative estimate of drug-likeness (QED) is 0.521. The Morgan fingerprint density at radius 2 is 1.65 bits per heavy atom. The molecule has 4 amide bonds. The Balaban J connectivity index is 1.50. The van der Waals surface area contributed by atoms with Crippen molar-refractivity contribution in [2.24, 2.45) is 0 Å². The number of hydrogen-bond acceptors (Lipinski definition) is 6. The number of urea groups is 1. The number of rotatable bonds is 7. The Bertz CT molecular complexity index is 988. The lowest BCUT2D eigenvalue weighted by Crippen LogP contribution is -2.42. The van der Waals surface area contributed by atoms with Crippen molar-refractivity contribution < 1.29 is 28.7 Å². The van der Waals surface area contributed by atoms with Crippen molar-refractivity contribution in [1.29, 1.82) is 0 Å². The van der Waals surface area contributed by atoms with Crippen molar-refractivity contribution >= 4 is 29.5 Å². The fraction of sp³-hybridized carbons (Fsp3) is 0.273. The molecule has 2 N–H and O–H groups in total. The Morgan fingerprint density at radius 3 is 2.23 bits per heavy atom. The number of hydrogen-bond donors (Lipinski definition) is 2. The van der Waals surface area contributed by atoms with Crippen LogP contribution in [0.3, 0.4) is 0 Å². The van der Waals surface area contributed by atoms with Gasteiger partial charge in [-0.3, -0.25) is 19.3 Å². The first-order valence-corrected chi connectivity index (χ1v) is 9.63. The van der Waals surface area contributed by atoms with Crippen molar-refractivity contribution in [2.75, 3.05) is 11.9 Å². The highest BCUT2D eigenvalue weighted by Crippen LogP contribution is 2.23. The van der Waals surface area contributed by atoms with Gasteiger partial charge < -0.3 is 20.1 Å². The van der Waals surface area contributed by atoms with Crippen LogP contribution in [-0.4, -0.2) is 46.9 Å². The van der Waals surface area contributed by atoms with Gasteiger partial charge in [0.15, 0.2) is 6.10 Å². The molecular weight excluding hydrogens is 402 g/mol. The lowest BCUT2D eigenvalue weighted by Gasteiger charge is -2.17. The molecule has 1 atom stereocenters. The monoisotopic (exact) mass is 425 g/mol. The topological polar surface area (TPSA) is 114 Å². The molecule has 0 saturated carbocycles. The van der Waals surface area contributed by atoms with Gasteiger partial charge in [0.25, 0.3) is 11.8 Å². The summed E-state index contributed by atoms with van der Waals surface area (Å²) in [4.78, 5) is 49.1. The summed E-state index contributed by atoms with van der Waals surface area (Å²) in [5.74, 6) is -0.670. The van der Waals surface area contributed by atoms with Crippen LogP contribution in [-0.2, 0) is 19.1 Å². The van der Waals surface area contributed by atoms with E-state index in [-0.39, 0.29) is 0 Å². The number of benzene rings is 2. The van der Waals surface area contributed by atoms with Crippen LogP contribution in [0.2, 0.25) is 0 Å². The zero-order chi connectivity index (χ0) is 22.6. The lowest BCUT2D eigenvalue weighted by molar-refractivity contribution is -0.155. The first-order valence-electron chi connectivity index (χ1n) is 9.63. The highest BCUT2D eigenvalue weighted by molar-refractivity contribution is 6.08. The molecule has 0 aliphatic carbocycles. The number of ether oxygens (including phenoxy) is 2. The van der Waals surface area contributed by atoms with Gasteiger partial charge in [0, 0.05) is 5.69 Å². The minimum Gasteiger partial charge on any atom is -0.457 e. The zero-order valence-corrected chi connectivity index (χ0v) is 17.4. The molecular formula is C22H23N3O6. The van der Waals surface area contributed by atoms with E-state index >= 15 is 0 Å². The third kappa shape index (κ3) is 5.39. The van der Waals surface area contributed by atoms with Gasteiger partial charge in [-0.15, -0.1) is 0 Å². The van der Waals surface area contributed by atoms with E-state index in [1.807, 2.05) is 30.3 Å². The van der Waals surface area contributed by atoms with E-state index in [9.17, 15) is 19.2 Å². The van der Waals surface area contributed by atoms with Crippen molar-refractivity contribution in [3.63, 3.8) is 0 Å². The third-order valence-electron chi connectivity index (χ3n) is 4.51. The second-order valence-corrected chi connectivity index (χ2v) is 7.51. The predicted molar refractivity (Wildman–Crippen MR) is 111 cm³/mol. The van der Waals surface area contributed by atoms with Crippen molar-refractivity contribution in [2.45, 2.75) is 32.4 Å². The Kier molecular flexibility index (Phi) is 6.24. The number of carbonyl (C=O) groups is 4. The molecule has 9 nitrogen and oxygen atoms in total. The number of amides is 4. The molecule has 9 heteroatoms. The Morgan fingerprint density at radius 1 is 1.03 bits per heavy atom. The number of anilines is 1. The highest BCUT2D eigenvalue weighted by atomic mass is 16.5. The smallest absolute Gasteiger partial charge is 0.327 e. The SMILES string of the molecule is CC(OC(=O)CN1C(=O)NC(C)(C)C1=O)C(=O)Nc1ccc(Oc2ccccc2)cc1. The molecule has 0 radical (unpaired) electrons. The minimum absolute atomic E-state index is 0.490. The number of nitrogens with zero attached hydrogens (tertiary/aromatic N) is 1. The molecule has 1 unspecified atom stereocenters. The van der Waals surface area contributed by atoms with Gasteiger partial charge in [-0.05, 0) is 57.2 Å². The number of esters is 1. The summed E-state index contributed by atoms with van der Waals surface area (Å²) in [5.41, 5.74) is -0.597. The largest absolute Gasteiger partial charge is 0.457 e. The number of imide groups is 1. The van der Waals surface area contributed by atoms with Gasteiger partial charge in [-0.25, -0.2) is 4.79 Å². The molecule has 3 rings (SSSR count). The van der Waals surface area contributed by atoms with Crippen molar-refractivity contribution in [1.82, 2.24) is 10.2 Å². The molecule has 1 saturated heterocycles. The third-order valence-corrected chi connectivity index (χ3v) is 4.51. The second kappa shape index (κ2) is 8.86. The molecule has 1 aliphatic heterocycles. The van der Waals surface area contributed by atoms with Crippen LogP contribution >= 0.6 is 0 Å². The van der Waals surface area contributed by atoms with Crippen LogP contribution in [0.5, 0.6) is 11.5 Å². The van der Waals surface area contributed by atoms with Gasteiger partial charge in [-0.2, -0.15) is 0 Å². The van der Waals surface area contributed by atoms with E-state index in [1.165, 1.54) is 20.8 Å². The van der Waals surface area contributed by atoms with Gasteiger partial charge >= 0.3 is 12.0 Å². The summed E-state index contributed by atoms with van der Waals surface area (Å²) in [6.07, 6.45) is -1.12. The van der Waals surface area contributed by atoms with E-state index in [0.29, 0.717) is 17.2 Å². The maximum atomic E-state index is 12.3. The summed E-state index contributed by atoms with van der Waals surface area (Å²) in [7, 11) is 0. The second-order valence-electron chi connectivity index (χ2n) is 7.51. The van der Waals surface area contributed by atoms with E-state index in [0.717, 1.165) is 4.90 Å². The fourth-order valence-corrected chi connectivity index (χ4v) is 2.85. The summed E-state index contributed by atoms with van der Waals surface area (Å²) in [6, 6.07) is 15.3. The molecule has 31 heavy (non-hydrogen) atoms. The van der Waals surface area contributed by atoms with E-state index in [1.54, 1.807) is 24.3 Å². The predicted octanol–water partition coefficient (Wildman–Crippen LogP) is 2.68. The van der Waals surface area contributed by atoms with Crippen LogP contribution in [0.25, 0.3) is 0 Å². The molecule has 2 aromatic carbocycles. The maximum absolute atomic E-state index is 12.3. The van der Waals surface area contributed by atoms with Gasteiger partial charge in [0.2, 0.25) is 0 Å². The van der Waals surface area contributed by atoms with Gasteiger partial charge in [-0.1, -0.05) is 18.2 Å². The fourth-order valence-electron chi connectivity index (χ4n) is 2.85. The Hall–Kier alpha value is -3.88. The first kappa shape index (κ1) is 21.8. The van der Waals surface area contributed by atoms with Crippen LogP contribution < -0.4 is 15.4 Å². The molecule has 0 aromatic heterocycles. The van der Waals surface area contributed by atoms with Crippen molar-refractivity contribution in [3.8, 4) is 11.5 Å². The van der Waals surface area contributed by atoms with E-state index in [2.05, 4.69) is 10.6 Å². The normalized spacial score (nSPS) is 15.8. The zero-order valence-electron chi connectivity index (χ0n) is 17.4. The number of nitrogens with one attached hydrogen (secondary N) is 2. The highest BCUT2D eigenvalue weighted by Gasteiger charge is 2.45. The maximum Gasteiger partial charge on any atom is 0.327 e. The van der Waals surface area contributed by atoms with Crippen LogP contribution in [0.1, 0.15) is 20.8 Å².